The molecule has 4 rings (SSSR count). The van der Waals surface area contributed by atoms with Crippen LogP contribution in [0.4, 0.5) is 0 Å². The molecule has 136 valence electrons. The third-order valence-electron chi connectivity index (χ3n) is 4.65. The number of imidazole rings is 1. The first-order chi connectivity index (χ1) is 13.1. The quantitative estimate of drug-likeness (QED) is 0.563. The molecule has 0 bridgehead atoms. The lowest BCUT2D eigenvalue weighted by Gasteiger charge is -2.17. The van der Waals surface area contributed by atoms with Crippen molar-refractivity contribution in [3.05, 3.63) is 70.5 Å². The van der Waals surface area contributed by atoms with Crippen LogP contribution >= 0.6 is 11.3 Å². The van der Waals surface area contributed by atoms with E-state index in [9.17, 15) is 4.79 Å². The summed E-state index contributed by atoms with van der Waals surface area (Å²) < 4.78 is 1.93. The summed E-state index contributed by atoms with van der Waals surface area (Å²) in [5, 5.41) is 5.06. The molecule has 4 aromatic rings. The molecule has 0 aliphatic rings. The molecule has 6 heteroatoms. The average molecular weight is 376 g/mol. The van der Waals surface area contributed by atoms with Crippen molar-refractivity contribution in [3.63, 3.8) is 0 Å². The zero-order chi connectivity index (χ0) is 18.8. The van der Waals surface area contributed by atoms with E-state index >= 15 is 0 Å². The Bertz CT molecular complexity index is 1080. The van der Waals surface area contributed by atoms with Gasteiger partial charge in [0.1, 0.15) is 12.2 Å². The van der Waals surface area contributed by atoms with E-state index in [1.807, 2.05) is 59.3 Å². The van der Waals surface area contributed by atoms with Gasteiger partial charge in [0.2, 0.25) is 5.91 Å². The molecule has 1 amide bonds. The average Bonchev–Trinajstić information content (AvgIpc) is 3.30. The molecule has 0 unspecified atom stereocenters. The van der Waals surface area contributed by atoms with Crippen LogP contribution in [0.2, 0.25) is 0 Å². The van der Waals surface area contributed by atoms with Crippen molar-refractivity contribution in [2.45, 2.75) is 26.4 Å². The molecule has 0 saturated carbocycles. The summed E-state index contributed by atoms with van der Waals surface area (Å²) in [5.74, 6) is 0.668. The standard InChI is InChI=1S/C21H20N4OS/c1-14-7-3-4-8-16(14)15(2)23-20(26)11-25-19-10-6-5-9-17(19)24-21(25)18-12-27-13-22-18/h3-10,12-13,15H,11H2,1-2H3,(H,23,26)/t15-/m0/s1. The second-order valence-electron chi connectivity index (χ2n) is 6.53. The number of carbonyl (C=O) groups is 1. The van der Waals surface area contributed by atoms with Crippen LogP contribution in [0.5, 0.6) is 0 Å². The SMILES string of the molecule is Cc1ccccc1[C@H](C)NC(=O)Cn1c(-c2cscn2)nc2ccccc21. The lowest BCUT2D eigenvalue weighted by molar-refractivity contribution is -0.122. The Kier molecular flexibility index (Phi) is 4.73. The highest BCUT2D eigenvalue weighted by atomic mass is 32.1. The topological polar surface area (TPSA) is 59.8 Å². The molecule has 2 heterocycles. The van der Waals surface area contributed by atoms with Crippen molar-refractivity contribution in [1.82, 2.24) is 19.9 Å². The number of rotatable bonds is 5. The summed E-state index contributed by atoms with van der Waals surface area (Å²) >= 11 is 1.52. The summed E-state index contributed by atoms with van der Waals surface area (Å²) in [6.07, 6.45) is 0. The Morgan fingerprint density at radius 2 is 1.96 bits per heavy atom. The number of thiazole rings is 1. The van der Waals surface area contributed by atoms with Crippen molar-refractivity contribution in [3.8, 4) is 11.5 Å². The molecule has 0 radical (unpaired) electrons. The van der Waals surface area contributed by atoms with Gasteiger partial charge in [-0.1, -0.05) is 36.4 Å². The lowest BCUT2D eigenvalue weighted by Crippen LogP contribution is -2.30. The molecule has 0 saturated heterocycles. The predicted molar refractivity (Wildman–Crippen MR) is 109 cm³/mol. The maximum absolute atomic E-state index is 12.8. The van der Waals surface area contributed by atoms with Crippen LogP contribution in [0.25, 0.3) is 22.6 Å². The first-order valence-electron chi connectivity index (χ1n) is 8.82. The van der Waals surface area contributed by atoms with Gasteiger partial charge in [-0.05, 0) is 37.1 Å². The van der Waals surface area contributed by atoms with Gasteiger partial charge in [0.05, 0.1) is 22.6 Å². The van der Waals surface area contributed by atoms with Crippen LogP contribution in [0.3, 0.4) is 0 Å². The van der Waals surface area contributed by atoms with Gasteiger partial charge >= 0.3 is 0 Å². The molecule has 1 N–H and O–H groups in total. The third kappa shape index (κ3) is 3.48. The Morgan fingerprint density at radius 3 is 2.74 bits per heavy atom. The van der Waals surface area contributed by atoms with Crippen LogP contribution in [0.15, 0.2) is 59.4 Å². The fourth-order valence-corrected chi connectivity index (χ4v) is 3.87. The lowest BCUT2D eigenvalue weighted by atomic mass is 10.0. The maximum Gasteiger partial charge on any atom is 0.240 e. The van der Waals surface area contributed by atoms with Crippen LogP contribution in [0.1, 0.15) is 24.1 Å². The van der Waals surface area contributed by atoms with Crippen molar-refractivity contribution < 1.29 is 4.79 Å². The number of fused-ring (bicyclic) bond motifs is 1. The summed E-state index contributed by atoms with van der Waals surface area (Å²) in [7, 11) is 0. The summed E-state index contributed by atoms with van der Waals surface area (Å²) in [5.41, 5.74) is 6.65. The number of benzene rings is 2. The van der Waals surface area contributed by atoms with Crippen LogP contribution in [0, 0.1) is 6.92 Å². The third-order valence-corrected chi connectivity index (χ3v) is 5.24. The van der Waals surface area contributed by atoms with Crippen molar-refractivity contribution in [2.24, 2.45) is 0 Å². The monoisotopic (exact) mass is 376 g/mol. The van der Waals surface area contributed by atoms with Gasteiger partial charge in [-0.2, -0.15) is 0 Å². The first-order valence-corrected chi connectivity index (χ1v) is 9.76. The molecule has 0 aliphatic carbocycles. The molecule has 27 heavy (non-hydrogen) atoms. The van der Waals surface area contributed by atoms with Gasteiger partial charge in [-0.3, -0.25) is 4.79 Å². The van der Waals surface area contributed by atoms with E-state index in [1.165, 1.54) is 16.9 Å². The minimum Gasteiger partial charge on any atom is -0.348 e. The van der Waals surface area contributed by atoms with Crippen molar-refractivity contribution in [2.75, 3.05) is 0 Å². The van der Waals surface area contributed by atoms with Crippen molar-refractivity contribution in [1.29, 1.82) is 0 Å². The zero-order valence-corrected chi connectivity index (χ0v) is 16.0. The number of hydrogen-bond donors (Lipinski definition) is 1. The maximum atomic E-state index is 12.8. The molecule has 1 atom stereocenters. The molecule has 2 aromatic heterocycles. The van der Waals surface area contributed by atoms with Crippen LogP contribution < -0.4 is 5.32 Å². The Labute approximate surface area is 161 Å². The number of para-hydroxylation sites is 2. The first kappa shape index (κ1) is 17.4. The molecule has 0 aliphatic heterocycles. The molecule has 2 aromatic carbocycles. The Hall–Kier alpha value is -2.99. The fraction of sp³-hybridized carbons (Fsp3) is 0.190. The number of aromatic nitrogens is 3. The predicted octanol–water partition coefficient (Wildman–Crippen LogP) is 4.35. The van der Waals surface area contributed by atoms with E-state index < -0.39 is 0 Å². The van der Waals surface area contributed by atoms with E-state index in [1.54, 1.807) is 5.51 Å². The second kappa shape index (κ2) is 7.32. The highest BCUT2D eigenvalue weighted by Crippen LogP contribution is 2.25. The Morgan fingerprint density at radius 1 is 1.19 bits per heavy atom. The molecular weight excluding hydrogens is 356 g/mol. The van der Waals surface area contributed by atoms with E-state index in [0.717, 1.165) is 28.1 Å². The molecular formula is C21H20N4OS. The normalized spacial score (nSPS) is 12.2. The number of nitrogens with one attached hydrogen (secondary N) is 1. The number of aryl methyl sites for hydroxylation is 1. The molecule has 0 fully saturated rings. The number of carbonyl (C=O) groups excluding carboxylic acids is 1. The highest BCUT2D eigenvalue weighted by Gasteiger charge is 2.18. The smallest absolute Gasteiger partial charge is 0.240 e. The summed E-state index contributed by atoms with van der Waals surface area (Å²) in [6, 6.07) is 15.9. The Balaban J connectivity index is 1.62. The second-order valence-corrected chi connectivity index (χ2v) is 7.25. The van der Waals surface area contributed by atoms with Crippen LogP contribution in [-0.4, -0.2) is 20.4 Å². The zero-order valence-electron chi connectivity index (χ0n) is 15.2. The van der Waals surface area contributed by atoms with Gasteiger partial charge in [-0.15, -0.1) is 11.3 Å². The van der Waals surface area contributed by atoms with E-state index in [-0.39, 0.29) is 18.5 Å². The molecule has 5 nitrogen and oxygen atoms in total. The van der Waals surface area contributed by atoms with Crippen LogP contribution in [-0.2, 0) is 11.3 Å². The van der Waals surface area contributed by atoms with Gasteiger partial charge in [0, 0.05) is 5.38 Å². The van der Waals surface area contributed by atoms with Gasteiger partial charge in [0.15, 0.2) is 5.82 Å². The van der Waals surface area contributed by atoms with E-state index in [2.05, 4.69) is 28.3 Å². The van der Waals surface area contributed by atoms with E-state index in [4.69, 9.17) is 0 Å². The van der Waals surface area contributed by atoms with Crippen molar-refractivity contribution >= 4 is 28.3 Å². The van der Waals surface area contributed by atoms with Gasteiger partial charge in [-0.25, -0.2) is 9.97 Å². The fourth-order valence-electron chi connectivity index (χ4n) is 3.34. The number of amides is 1. The minimum atomic E-state index is -0.0591. The van der Waals surface area contributed by atoms with E-state index in [0.29, 0.717) is 0 Å². The van der Waals surface area contributed by atoms with Gasteiger partial charge < -0.3 is 9.88 Å². The summed E-state index contributed by atoms with van der Waals surface area (Å²) in [4.78, 5) is 21.9. The van der Waals surface area contributed by atoms with Gasteiger partial charge in [0.25, 0.3) is 0 Å². The minimum absolute atomic E-state index is 0.0506. The number of hydrogen-bond acceptors (Lipinski definition) is 4. The summed E-state index contributed by atoms with van der Waals surface area (Å²) in [6.45, 7) is 4.26. The number of nitrogens with zero attached hydrogens (tertiary/aromatic N) is 3. The molecule has 0 spiro atoms. The highest BCUT2D eigenvalue weighted by molar-refractivity contribution is 7.07. The largest absolute Gasteiger partial charge is 0.348 e.